The molecule has 0 unspecified atom stereocenters. The Bertz CT molecular complexity index is 1590. The third kappa shape index (κ3) is 8.16. The molecule has 1 amide bonds. The van der Waals surface area contributed by atoms with Gasteiger partial charge in [0.2, 0.25) is 0 Å². The molecular formula is C37H45ClN6O3. The highest BCUT2D eigenvalue weighted by Gasteiger charge is 2.31. The van der Waals surface area contributed by atoms with Crippen LogP contribution in [0.5, 0.6) is 11.5 Å². The first-order valence-electron chi connectivity index (χ1n) is 16.5. The van der Waals surface area contributed by atoms with Crippen molar-refractivity contribution in [2.24, 2.45) is 4.99 Å². The summed E-state index contributed by atoms with van der Waals surface area (Å²) in [4.78, 5) is 29.5. The topological polar surface area (TPSA) is 64.1 Å². The number of piperazine rings is 2. The molecule has 3 aliphatic rings. The lowest BCUT2D eigenvalue weighted by atomic mass is 10.0. The zero-order chi connectivity index (χ0) is 32.9. The zero-order valence-corrected chi connectivity index (χ0v) is 28.5. The Morgan fingerprint density at radius 1 is 0.894 bits per heavy atom. The molecule has 248 valence electrons. The molecule has 3 aliphatic heterocycles. The number of benzene rings is 3. The number of fused-ring (bicyclic) bond motifs is 1. The van der Waals surface area contributed by atoms with Crippen LogP contribution in [-0.2, 0) is 11.3 Å². The highest BCUT2D eigenvalue weighted by molar-refractivity contribution is 6.30. The minimum atomic E-state index is -0.0221. The minimum absolute atomic E-state index is 0.00181. The summed E-state index contributed by atoms with van der Waals surface area (Å²) >= 11 is 5.97. The van der Waals surface area contributed by atoms with Crippen LogP contribution in [0.15, 0.2) is 78.3 Å². The lowest BCUT2D eigenvalue weighted by Gasteiger charge is -2.39. The molecule has 3 aromatic rings. The second-order valence-corrected chi connectivity index (χ2v) is 13.2. The first kappa shape index (κ1) is 33.0. The molecule has 0 atom stereocenters. The van der Waals surface area contributed by atoms with Gasteiger partial charge in [0.15, 0.2) is 6.61 Å². The van der Waals surface area contributed by atoms with Crippen molar-refractivity contribution in [2.45, 2.75) is 26.5 Å². The highest BCUT2D eigenvalue weighted by atomic mass is 35.5. The fraction of sp³-hybridized carbons (Fsp3) is 0.405. The number of hydrogen-bond donors (Lipinski definition) is 0. The van der Waals surface area contributed by atoms with Crippen LogP contribution in [0.4, 0.5) is 11.4 Å². The molecule has 0 radical (unpaired) electrons. The van der Waals surface area contributed by atoms with Gasteiger partial charge in [-0.25, -0.2) is 4.99 Å². The molecule has 0 saturated carbocycles. The van der Waals surface area contributed by atoms with Gasteiger partial charge >= 0.3 is 0 Å². The third-order valence-electron chi connectivity index (χ3n) is 8.89. The monoisotopic (exact) mass is 656 g/mol. The summed E-state index contributed by atoms with van der Waals surface area (Å²) in [5, 5.41) is 0.634. The molecule has 0 N–H and O–H groups in total. The molecule has 2 fully saturated rings. The van der Waals surface area contributed by atoms with E-state index in [1.54, 1.807) is 24.3 Å². The van der Waals surface area contributed by atoms with Gasteiger partial charge in [-0.2, -0.15) is 0 Å². The summed E-state index contributed by atoms with van der Waals surface area (Å²) in [6.07, 6.45) is 0.0113. The van der Waals surface area contributed by atoms with Gasteiger partial charge in [0.05, 0.1) is 24.0 Å². The van der Waals surface area contributed by atoms with E-state index in [1.807, 2.05) is 23.1 Å². The molecule has 6 rings (SSSR count). The van der Waals surface area contributed by atoms with E-state index in [2.05, 4.69) is 71.3 Å². The van der Waals surface area contributed by atoms with Crippen molar-refractivity contribution in [2.75, 3.05) is 77.5 Å². The average molecular weight is 657 g/mol. The summed E-state index contributed by atoms with van der Waals surface area (Å²) < 4.78 is 12.1. The maximum atomic E-state index is 13.0. The second-order valence-electron chi connectivity index (χ2n) is 12.8. The van der Waals surface area contributed by atoms with Crippen molar-refractivity contribution >= 4 is 40.4 Å². The van der Waals surface area contributed by atoms with E-state index in [1.165, 1.54) is 5.56 Å². The summed E-state index contributed by atoms with van der Waals surface area (Å²) in [5.74, 6) is 2.31. The first-order chi connectivity index (χ1) is 22.7. The number of anilines is 1. The Hall–Kier alpha value is -3.89. The Morgan fingerprint density at radius 2 is 1.57 bits per heavy atom. The number of para-hydroxylation sites is 1. The van der Waals surface area contributed by atoms with Gasteiger partial charge in [0.1, 0.15) is 17.3 Å². The number of aliphatic imine (C=N–C) groups is 1. The van der Waals surface area contributed by atoms with E-state index in [9.17, 15) is 4.79 Å². The standard InChI is InChI=1S/C37H45ClN6O3/c1-27(2)47-35-14-9-29(24-41-17-15-40(4)16-18-41)23-34(35)44-28(3)32-7-5-6-8-33(32)39-36(44)25-42-19-21-43(22-20-42)37(45)26-46-31-12-10-30(38)11-13-31/h5-14,23,27H,3,15-22,24-26H2,1-2,4H3. The number of nitrogens with zero attached hydrogens (tertiary/aromatic N) is 6. The summed E-state index contributed by atoms with van der Waals surface area (Å²) in [7, 11) is 2.18. The molecule has 9 nitrogen and oxygen atoms in total. The molecule has 3 heterocycles. The maximum Gasteiger partial charge on any atom is 0.260 e. The van der Waals surface area contributed by atoms with Gasteiger partial charge < -0.3 is 19.3 Å². The quantitative estimate of drug-likeness (QED) is 0.281. The van der Waals surface area contributed by atoms with Crippen molar-refractivity contribution in [1.29, 1.82) is 0 Å². The lowest BCUT2D eigenvalue weighted by Crippen LogP contribution is -2.52. The number of hydrogen-bond acceptors (Lipinski definition) is 8. The van der Waals surface area contributed by atoms with E-state index < -0.39 is 0 Å². The van der Waals surface area contributed by atoms with Crippen LogP contribution in [-0.4, -0.2) is 110 Å². The molecule has 0 aliphatic carbocycles. The molecule has 3 aromatic carbocycles. The van der Waals surface area contributed by atoms with E-state index in [4.69, 9.17) is 26.1 Å². The normalized spacial score (nSPS) is 17.9. The van der Waals surface area contributed by atoms with Crippen LogP contribution in [0.2, 0.25) is 5.02 Å². The fourth-order valence-corrected chi connectivity index (χ4v) is 6.37. The predicted molar refractivity (Wildman–Crippen MR) is 190 cm³/mol. The van der Waals surface area contributed by atoms with E-state index in [-0.39, 0.29) is 18.6 Å². The number of carbonyl (C=O) groups is 1. The lowest BCUT2D eigenvalue weighted by molar-refractivity contribution is -0.135. The zero-order valence-electron chi connectivity index (χ0n) is 27.7. The number of ether oxygens (including phenoxy) is 2. The van der Waals surface area contributed by atoms with Gasteiger partial charge in [0.25, 0.3) is 5.91 Å². The Labute approximate surface area is 283 Å². The molecule has 0 spiro atoms. The van der Waals surface area contributed by atoms with Crippen LogP contribution >= 0.6 is 11.6 Å². The smallest absolute Gasteiger partial charge is 0.260 e. The third-order valence-corrected chi connectivity index (χ3v) is 9.14. The Kier molecular flexibility index (Phi) is 10.5. The van der Waals surface area contributed by atoms with Gasteiger partial charge in [-0.05, 0) is 68.9 Å². The minimum Gasteiger partial charge on any atom is -0.489 e. The number of halogens is 1. The second kappa shape index (κ2) is 14.9. The van der Waals surface area contributed by atoms with E-state index in [0.717, 1.165) is 80.0 Å². The molecule has 0 aromatic heterocycles. The van der Waals surface area contributed by atoms with E-state index >= 15 is 0 Å². The van der Waals surface area contributed by atoms with Crippen LogP contribution in [0.1, 0.15) is 25.0 Å². The molecule has 0 bridgehead atoms. The highest BCUT2D eigenvalue weighted by Crippen LogP contribution is 2.41. The molecule has 47 heavy (non-hydrogen) atoms. The van der Waals surface area contributed by atoms with Gasteiger partial charge in [-0.1, -0.05) is 42.4 Å². The van der Waals surface area contributed by atoms with Crippen LogP contribution in [0.25, 0.3) is 5.70 Å². The SMILES string of the molecule is C=C1c2ccccc2N=C(CN2CCN(C(=O)COc3ccc(Cl)cc3)CC2)N1c1cc(CN2CCN(C)CC2)ccc1OC(C)C. The fourth-order valence-electron chi connectivity index (χ4n) is 6.25. The van der Waals surface area contributed by atoms with Gasteiger partial charge in [-0.15, -0.1) is 0 Å². The van der Waals surface area contributed by atoms with Crippen molar-refractivity contribution in [3.63, 3.8) is 0 Å². The van der Waals surface area contributed by atoms with Gasteiger partial charge in [-0.3, -0.25) is 19.5 Å². The summed E-state index contributed by atoms with van der Waals surface area (Å²) in [6.45, 7) is 17.1. The van der Waals surface area contributed by atoms with Crippen molar-refractivity contribution < 1.29 is 14.3 Å². The Balaban J connectivity index is 1.20. The predicted octanol–water partition coefficient (Wildman–Crippen LogP) is 5.62. The van der Waals surface area contributed by atoms with Crippen LogP contribution < -0.4 is 14.4 Å². The molecule has 2 saturated heterocycles. The van der Waals surface area contributed by atoms with Crippen LogP contribution in [0, 0.1) is 0 Å². The van der Waals surface area contributed by atoms with Crippen LogP contribution in [0.3, 0.4) is 0 Å². The number of rotatable bonds is 10. The van der Waals surface area contributed by atoms with Crippen molar-refractivity contribution in [3.05, 3.63) is 89.5 Å². The summed E-state index contributed by atoms with van der Waals surface area (Å²) in [5.41, 5.74) is 4.99. The number of likely N-dealkylation sites (N-methyl/N-ethyl adjacent to an activating group) is 1. The largest absolute Gasteiger partial charge is 0.489 e. The first-order valence-corrected chi connectivity index (χ1v) is 16.9. The van der Waals surface area contributed by atoms with E-state index in [0.29, 0.717) is 30.4 Å². The van der Waals surface area contributed by atoms with Gasteiger partial charge in [0, 0.05) is 75.2 Å². The number of amides is 1. The van der Waals surface area contributed by atoms with Crippen molar-refractivity contribution in [3.8, 4) is 11.5 Å². The maximum absolute atomic E-state index is 13.0. The molecule has 10 heteroatoms. The molecular weight excluding hydrogens is 612 g/mol. The Morgan fingerprint density at radius 3 is 2.30 bits per heavy atom. The van der Waals surface area contributed by atoms with Crippen molar-refractivity contribution in [1.82, 2.24) is 19.6 Å². The number of amidine groups is 1. The average Bonchev–Trinajstić information content (AvgIpc) is 3.06. The summed E-state index contributed by atoms with van der Waals surface area (Å²) in [6, 6.07) is 21.8. The number of carbonyl (C=O) groups excluding carboxylic acids is 1.